The van der Waals surface area contributed by atoms with Crippen LogP contribution in [0.1, 0.15) is 18.5 Å². The summed E-state index contributed by atoms with van der Waals surface area (Å²) >= 11 is 0. The molecule has 0 saturated heterocycles. The summed E-state index contributed by atoms with van der Waals surface area (Å²) in [6, 6.07) is 13.2. The number of methoxy groups -OCH3 is 2. The topological polar surface area (TPSA) is 41.9 Å². The predicted molar refractivity (Wildman–Crippen MR) is 84.5 cm³/mol. The highest BCUT2D eigenvalue weighted by Gasteiger charge is 2.16. The molecule has 0 amide bonds. The second-order valence-corrected chi connectivity index (χ2v) is 4.91. The lowest BCUT2D eigenvalue weighted by atomic mass is 10.0. The first-order chi connectivity index (χ1) is 10.1. The van der Waals surface area contributed by atoms with Gasteiger partial charge in [-0.3, -0.25) is 0 Å². The van der Waals surface area contributed by atoms with Gasteiger partial charge in [0.2, 0.25) is 0 Å². The Morgan fingerprint density at radius 1 is 1.00 bits per heavy atom. The van der Waals surface area contributed by atoms with Crippen molar-refractivity contribution in [2.75, 3.05) is 26.2 Å². The Bertz CT molecular complexity index is 613. The van der Waals surface area contributed by atoms with E-state index in [1.165, 1.54) is 0 Å². The molecule has 1 N–H and O–H groups in total. The number of hydrogen-bond acceptors (Lipinski definition) is 4. The van der Waals surface area contributed by atoms with E-state index in [2.05, 4.69) is 4.90 Å². The zero-order chi connectivity index (χ0) is 15.4. The number of nitrogens with zero attached hydrogens (tertiary/aromatic N) is 1. The highest BCUT2D eigenvalue weighted by molar-refractivity contribution is 5.53. The fourth-order valence-electron chi connectivity index (χ4n) is 2.27. The van der Waals surface area contributed by atoms with E-state index >= 15 is 0 Å². The number of phenols is 1. The van der Waals surface area contributed by atoms with Gasteiger partial charge >= 0.3 is 0 Å². The van der Waals surface area contributed by atoms with Gasteiger partial charge in [0.1, 0.15) is 17.2 Å². The van der Waals surface area contributed by atoms with Gasteiger partial charge in [0.05, 0.1) is 20.3 Å². The predicted octanol–water partition coefficient (Wildman–Crippen LogP) is 3.61. The molecule has 21 heavy (non-hydrogen) atoms. The van der Waals surface area contributed by atoms with E-state index in [1.807, 2.05) is 50.4 Å². The van der Waals surface area contributed by atoms with Crippen molar-refractivity contribution in [3.8, 4) is 17.2 Å². The summed E-state index contributed by atoms with van der Waals surface area (Å²) in [7, 11) is 5.22. The molecule has 112 valence electrons. The minimum atomic E-state index is 0.0167. The summed E-state index contributed by atoms with van der Waals surface area (Å²) in [5, 5.41) is 10.2. The average molecular weight is 287 g/mol. The van der Waals surface area contributed by atoms with E-state index in [4.69, 9.17) is 9.47 Å². The molecule has 0 saturated carbocycles. The third kappa shape index (κ3) is 3.21. The molecule has 0 aliphatic carbocycles. The smallest absolute Gasteiger partial charge is 0.124 e. The number of anilines is 1. The molecule has 2 aromatic rings. The van der Waals surface area contributed by atoms with Gasteiger partial charge in [-0.2, -0.15) is 0 Å². The minimum absolute atomic E-state index is 0.0167. The van der Waals surface area contributed by atoms with E-state index in [9.17, 15) is 5.11 Å². The molecule has 0 aliphatic heterocycles. The standard InChI is InChI=1S/C17H21NO3/c1-12(16-9-8-15(21-4)11-17(16)19)18(2)13-6-5-7-14(10-13)20-3/h5-12,19H,1-4H3. The highest BCUT2D eigenvalue weighted by atomic mass is 16.5. The van der Waals surface area contributed by atoms with Crippen LogP contribution in [0.2, 0.25) is 0 Å². The number of hydrogen-bond donors (Lipinski definition) is 1. The van der Waals surface area contributed by atoms with Crippen LogP contribution in [0.4, 0.5) is 5.69 Å². The monoisotopic (exact) mass is 287 g/mol. The number of rotatable bonds is 5. The molecule has 2 aromatic carbocycles. The first-order valence-corrected chi connectivity index (χ1v) is 6.80. The molecule has 4 nitrogen and oxygen atoms in total. The molecule has 0 heterocycles. The van der Waals surface area contributed by atoms with Crippen LogP contribution in [0.5, 0.6) is 17.2 Å². The van der Waals surface area contributed by atoms with E-state index < -0.39 is 0 Å². The fourth-order valence-corrected chi connectivity index (χ4v) is 2.27. The minimum Gasteiger partial charge on any atom is -0.507 e. The molecule has 0 radical (unpaired) electrons. The van der Waals surface area contributed by atoms with Gasteiger partial charge < -0.3 is 19.5 Å². The molecule has 1 atom stereocenters. The van der Waals surface area contributed by atoms with E-state index in [1.54, 1.807) is 20.3 Å². The third-order valence-electron chi connectivity index (χ3n) is 3.73. The van der Waals surface area contributed by atoms with Gasteiger partial charge in [-0.25, -0.2) is 0 Å². The van der Waals surface area contributed by atoms with Crippen LogP contribution in [0.3, 0.4) is 0 Å². The number of ether oxygens (including phenoxy) is 2. The fraction of sp³-hybridized carbons (Fsp3) is 0.294. The maximum atomic E-state index is 10.2. The summed E-state index contributed by atoms with van der Waals surface area (Å²) in [4.78, 5) is 2.09. The molecule has 1 unspecified atom stereocenters. The molecule has 0 spiro atoms. The first-order valence-electron chi connectivity index (χ1n) is 6.80. The van der Waals surface area contributed by atoms with Crippen LogP contribution >= 0.6 is 0 Å². The maximum Gasteiger partial charge on any atom is 0.124 e. The summed E-state index contributed by atoms with van der Waals surface area (Å²) in [5.74, 6) is 1.69. The Hall–Kier alpha value is -2.36. The van der Waals surface area contributed by atoms with Crippen LogP contribution in [-0.2, 0) is 0 Å². The summed E-state index contributed by atoms with van der Waals surface area (Å²) in [6.45, 7) is 2.04. The van der Waals surface area contributed by atoms with Crippen molar-refractivity contribution in [1.82, 2.24) is 0 Å². The summed E-state index contributed by atoms with van der Waals surface area (Å²) in [6.07, 6.45) is 0. The lowest BCUT2D eigenvalue weighted by Crippen LogP contribution is -2.21. The zero-order valence-electron chi connectivity index (χ0n) is 12.8. The maximum absolute atomic E-state index is 10.2. The molecule has 2 rings (SSSR count). The Labute approximate surface area is 125 Å². The molecular weight excluding hydrogens is 266 g/mol. The largest absolute Gasteiger partial charge is 0.507 e. The lowest BCUT2D eigenvalue weighted by molar-refractivity contribution is 0.405. The van der Waals surface area contributed by atoms with Crippen LogP contribution in [0.25, 0.3) is 0 Å². The van der Waals surface area contributed by atoms with Crippen LogP contribution in [-0.4, -0.2) is 26.4 Å². The summed E-state index contributed by atoms with van der Waals surface area (Å²) in [5.41, 5.74) is 1.87. The number of aromatic hydroxyl groups is 1. The van der Waals surface area contributed by atoms with Crippen molar-refractivity contribution in [3.63, 3.8) is 0 Å². The molecule has 0 bridgehead atoms. The van der Waals surface area contributed by atoms with Gasteiger partial charge in [-0.1, -0.05) is 6.07 Å². The van der Waals surface area contributed by atoms with Gasteiger partial charge in [-0.15, -0.1) is 0 Å². The highest BCUT2D eigenvalue weighted by Crippen LogP contribution is 2.34. The third-order valence-corrected chi connectivity index (χ3v) is 3.73. The molecule has 0 fully saturated rings. The van der Waals surface area contributed by atoms with Crippen LogP contribution in [0, 0.1) is 0 Å². The molecule has 4 heteroatoms. The van der Waals surface area contributed by atoms with Gasteiger partial charge in [-0.05, 0) is 31.2 Å². The second kappa shape index (κ2) is 6.39. The van der Waals surface area contributed by atoms with E-state index in [0.717, 1.165) is 17.0 Å². The van der Waals surface area contributed by atoms with E-state index in [0.29, 0.717) is 5.75 Å². The first kappa shape index (κ1) is 15.0. The van der Waals surface area contributed by atoms with Crippen molar-refractivity contribution >= 4 is 5.69 Å². The second-order valence-electron chi connectivity index (χ2n) is 4.91. The van der Waals surface area contributed by atoms with Crippen molar-refractivity contribution in [1.29, 1.82) is 0 Å². The van der Waals surface area contributed by atoms with Gasteiger partial charge in [0.25, 0.3) is 0 Å². The van der Waals surface area contributed by atoms with Crippen molar-refractivity contribution < 1.29 is 14.6 Å². The molecular formula is C17H21NO3. The zero-order valence-corrected chi connectivity index (χ0v) is 12.8. The normalized spacial score (nSPS) is 11.8. The average Bonchev–Trinajstić information content (AvgIpc) is 2.53. The van der Waals surface area contributed by atoms with Crippen LogP contribution in [0.15, 0.2) is 42.5 Å². The van der Waals surface area contributed by atoms with Crippen molar-refractivity contribution in [3.05, 3.63) is 48.0 Å². The van der Waals surface area contributed by atoms with E-state index in [-0.39, 0.29) is 11.8 Å². The molecule has 0 aromatic heterocycles. The Morgan fingerprint density at radius 2 is 1.67 bits per heavy atom. The van der Waals surface area contributed by atoms with Crippen molar-refractivity contribution in [2.24, 2.45) is 0 Å². The quantitative estimate of drug-likeness (QED) is 0.912. The summed E-state index contributed by atoms with van der Waals surface area (Å²) < 4.78 is 10.4. The Balaban J connectivity index is 2.27. The lowest BCUT2D eigenvalue weighted by Gasteiger charge is -2.28. The number of phenolic OH excluding ortho intramolecular Hbond substituents is 1. The number of benzene rings is 2. The molecule has 0 aliphatic rings. The van der Waals surface area contributed by atoms with Gasteiger partial charge in [0, 0.05) is 30.4 Å². The van der Waals surface area contributed by atoms with Gasteiger partial charge in [0.15, 0.2) is 0 Å². The Kier molecular flexibility index (Phi) is 4.58. The van der Waals surface area contributed by atoms with Crippen molar-refractivity contribution in [2.45, 2.75) is 13.0 Å². The SMILES string of the molecule is COc1cccc(N(C)C(C)c2ccc(OC)cc2O)c1. The van der Waals surface area contributed by atoms with Crippen LogP contribution < -0.4 is 14.4 Å². The Morgan fingerprint density at radius 3 is 2.29 bits per heavy atom.